The minimum Gasteiger partial charge on any atom is -0.469 e. The van der Waals surface area contributed by atoms with Crippen LogP contribution in [0.3, 0.4) is 0 Å². The first-order valence-corrected chi connectivity index (χ1v) is 9.56. The zero-order valence-corrected chi connectivity index (χ0v) is 17.8. The minimum absolute atomic E-state index is 0.361. The van der Waals surface area contributed by atoms with Crippen molar-refractivity contribution in [1.82, 2.24) is 5.32 Å². The van der Waals surface area contributed by atoms with Crippen LogP contribution in [0.2, 0.25) is 0 Å². The van der Waals surface area contributed by atoms with E-state index in [0.717, 1.165) is 0 Å². The van der Waals surface area contributed by atoms with Gasteiger partial charge in [0.1, 0.15) is 23.9 Å². The molecular formula is C19H33NO8. The number of hydrogen-bond acceptors (Lipinski definition) is 8. The first-order valence-electron chi connectivity index (χ1n) is 9.56. The van der Waals surface area contributed by atoms with Crippen molar-refractivity contribution in [2.45, 2.75) is 83.5 Å². The zero-order chi connectivity index (χ0) is 21.1. The Morgan fingerprint density at radius 1 is 1.18 bits per heavy atom. The van der Waals surface area contributed by atoms with Crippen LogP contribution < -0.4 is 5.32 Å². The van der Waals surface area contributed by atoms with E-state index in [9.17, 15) is 9.59 Å². The maximum atomic E-state index is 12.4. The molecule has 0 saturated carbocycles. The highest BCUT2D eigenvalue weighted by atomic mass is 16.8. The first kappa shape index (κ1) is 22.9. The molecule has 2 fully saturated rings. The van der Waals surface area contributed by atoms with Gasteiger partial charge in [0.15, 0.2) is 12.1 Å². The third-order valence-corrected chi connectivity index (χ3v) is 4.56. The van der Waals surface area contributed by atoms with Crippen molar-refractivity contribution in [2.75, 3.05) is 20.8 Å². The monoisotopic (exact) mass is 403 g/mol. The Hall–Kier alpha value is -1.42. The number of esters is 1. The highest BCUT2D eigenvalue weighted by Crippen LogP contribution is 2.41. The molecule has 2 aliphatic heterocycles. The number of rotatable bonds is 7. The van der Waals surface area contributed by atoms with E-state index in [0.29, 0.717) is 19.4 Å². The molecule has 9 heteroatoms. The summed E-state index contributed by atoms with van der Waals surface area (Å²) in [6.45, 7) is 9.35. The summed E-state index contributed by atoms with van der Waals surface area (Å²) < 4.78 is 33.3. The number of carbonyl (C=O) groups is 2. The Kier molecular flexibility index (Phi) is 7.30. The summed E-state index contributed by atoms with van der Waals surface area (Å²) in [5.74, 6) is -1.74. The maximum Gasteiger partial charge on any atom is 0.407 e. The molecule has 1 N–H and O–H groups in total. The fraction of sp³-hybridized carbons (Fsp3) is 0.895. The Morgan fingerprint density at radius 2 is 1.86 bits per heavy atom. The van der Waals surface area contributed by atoms with E-state index >= 15 is 0 Å². The molecule has 2 aliphatic rings. The van der Waals surface area contributed by atoms with Crippen molar-refractivity contribution in [1.29, 1.82) is 0 Å². The average Bonchev–Trinajstić information content (AvgIpc) is 3.03. The second-order valence-corrected chi connectivity index (χ2v) is 8.47. The number of ether oxygens (including phenoxy) is 6. The van der Waals surface area contributed by atoms with Gasteiger partial charge in [-0.15, -0.1) is 0 Å². The van der Waals surface area contributed by atoms with Gasteiger partial charge < -0.3 is 33.7 Å². The molecule has 1 amide bonds. The minimum atomic E-state index is -0.769. The van der Waals surface area contributed by atoms with Gasteiger partial charge in [-0.3, -0.25) is 4.79 Å². The second kappa shape index (κ2) is 8.94. The third-order valence-electron chi connectivity index (χ3n) is 4.56. The molecule has 0 aromatic heterocycles. The summed E-state index contributed by atoms with van der Waals surface area (Å²) in [5.41, 5.74) is -0.562. The van der Waals surface area contributed by atoms with Gasteiger partial charge in [-0.2, -0.15) is 0 Å². The van der Waals surface area contributed by atoms with E-state index in [4.69, 9.17) is 28.4 Å². The van der Waals surface area contributed by atoms with Gasteiger partial charge in [0.25, 0.3) is 0 Å². The summed E-state index contributed by atoms with van der Waals surface area (Å²) in [5, 5.41) is 2.68. The standard InChI is InChI=1S/C19H33NO8/c1-18(2,3)28-17(22)20-10-8-9-11(15(21)24-7)12-13(23-6)14-16(25-12)27-19(4,5)26-14/h11-14,16H,8-10H2,1-7H3,(H,20,22)/t11-,12+,13-,14+,16+/m0/s1. The van der Waals surface area contributed by atoms with Gasteiger partial charge in [-0.1, -0.05) is 0 Å². The Morgan fingerprint density at radius 3 is 2.43 bits per heavy atom. The van der Waals surface area contributed by atoms with Crippen LogP contribution in [-0.2, 0) is 33.2 Å². The smallest absolute Gasteiger partial charge is 0.407 e. The van der Waals surface area contributed by atoms with Crippen molar-refractivity contribution >= 4 is 12.1 Å². The highest BCUT2D eigenvalue weighted by molar-refractivity contribution is 5.73. The third kappa shape index (κ3) is 5.79. The average molecular weight is 403 g/mol. The van der Waals surface area contributed by atoms with E-state index in [-0.39, 0.29) is 0 Å². The molecule has 2 heterocycles. The Balaban J connectivity index is 1.93. The van der Waals surface area contributed by atoms with Crippen LogP contribution in [-0.4, -0.2) is 68.8 Å². The fourth-order valence-corrected chi connectivity index (χ4v) is 3.49. The van der Waals surface area contributed by atoms with Crippen LogP contribution in [0.25, 0.3) is 0 Å². The number of fused-ring (bicyclic) bond motifs is 1. The van der Waals surface area contributed by atoms with E-state index in [1.807, 2.05) is 0 Å². The van der Waals surface area contributed by atoms with Crippen molar-refractivity contribution < 1.29 is 38.0 Å². The largest absolute Gasteiger partial charge is 0.469 e. The molecule has 9 nitrogen and oxygen atoms in total. The summed E-state index contributed by atoms with van der Waals surface area (Å²) >= 11 is 0. The quantitative estimate of drug-likeness (QED) is 0.509. The van der Waals surface area contributed by atoms with Crippen LogP contribution >= 0.6 is 0 Å². The molecule has 0 aromatic carbocycles. The maximum absolute atomic E-state index is 12.4. The predicted molar refractivity (Wildman–Crippen MR) is 98.5 cm³/mol. The van der Waals surface area contributed by atoms with E-state index in [1.54, 1.807) is 41.7 Å². The van der Waals surface area contributed by atoms with Crippen LogP contribution in [0.1, 0.15) is 47.5 Å². The summed E-state index contributed by atoms with van der Waals surface area (Å²) in [6, 6.07) is 0. The van der Waals surface area contributed by atoms with Crippen LogP contribution in [0.5, 0.6) is 0 Å². The summed E-state index contributed by atoms with van der Waals surface area (Å²) in [4.78, 5) is 24.1. The number of nitrogens with one attached hydrogen (secondary N) is 1. The molecule has 5 atom stereocenters. The normalized spacial score (nSPS) is 29.8. The number of carbonyl (C=O) groups excluding carboxylic acids is 2. The Bertz CT molecular complexity index is 559. The van der Waals surface area contributed by atoms with Gasteiger partial charge in [-0.05, 0) is 47.5 Å². The van der Waals surface area contributed by atoms with Gasteiger partial charge in [0.05, 0.1) is 13.0 Å². The van der Waals surface area contributed by atoms with Crippen molar-refractivity contribution in [3.8, 4) is 0 Å². The second-order valence-electron chi connectivity index (χ2n) is 8.47. The molecule has 162 valence electrons. The van der Waals surface area contributed by atoms with Crippen LogP contribution in [0, 0.1) is 5.92 Å². The molecule has 0 spiro atoms. The fourth-order valence-electron chi connectivity index (χ4n) is 3.49. The highest BCUT2D eigenvalue weighted by Gasteiger charge is 2.57. The van der Waals surface area contributed by atoms with Gasteiger partial charge >= 0.3 is 12.1 Å². The molecule has 2 saturated heterocycles. The van der Waals surface area contributed by atoms with Gasteiger partial charge in [0, 0.05) is 13.7 Å². The molecule has 2 rings (SSSR count). The predicted octanol–water partition coefficient (Wildman–Crippen LogP) is 1.97. The lowest BCUT2D eigenvalue weighted by Crippen LogP contribution is -2.43. The molecule has 0 radical (unpaired) electrons. The summed E-state index contributed by atoms with van der Waals surface area (Å²) in [6.07, 6.45) is -1.56. The number of methoxy groups -OCH3 is 2. The molecule has 0 aromatic rings. The number of amides is 1. The lowest BCUT2D eigenvalue weighted by Gasteiger charge is -2.29. The van der Waals surface area contributed by atoms with Crippen molar-refractivity contribution in [3.63, 3.8) is 0 Å². The molecule has 0 unspecified atom stereocenters. The first-order chi connectivity index (χ1) is 13.0. The molecule has 28 heavy (non-hydrogen) atoms. The molecule has 0 aliphatic carbocycles. The SMILES string of the molecule is COC(=O)[C@@H](CCCNC(=O)OC(C)(C)C)[C@H]1O[C@@H]2OC(C)(C)O[C@@H]2[C@H]1OC. The van der Waals surface area contributed by atoms with Crippen LogP contribution in [0.15, 0.2) is 0 Å². The molecular weight excluding hydrogens is 370 g/mol. The van der Waals surface area contributed by atoms with E-state index in [2.05, 4.69) is 5.32 Å². The van der Waals surface area contributed by atoms with Gasteiger partial charge in [-0.25, -0.2) is 4.79 Å². The van der Waals surface area contributed by atoms with E-state index < -0.39 is 54.0 Å². The lowest BCUT2D eigenvalue weighted by atomic mass is 9.92. The zero-order valence-electron chi connectivity index (χ0n) is 17.8. The van der Waals surface area contributed by atoms with Crippen molar-refractivity contribution in [2.24, 2.45) is 5.92 Å². The van der Waals surface area contributed by atoms with E-state index in [1.165, 1.54) is 7.11 Å². The van der Waals surface area contributed by atoms with Crippen LogP contribution in [0.4, 0.5) is 4.79 Å². The number of alkyl carbamates (subject to hydrolysis) is 1. The van der Waals surface area contributed by atoms with Crippen molar-refractivity contribution in [3.05, 3.63) is 0 Å². The summed E-state index contributed by atoms with van der Waals surface area (Å²) in [7, 11) is 2.89. The topological polar surface area (TPSA) is 102 Å². The Labute approximate surface area is 166 Å². The lowest BCUT2D eigenvalue weighted by molar-refractivity contribution is -0.224. The van der Waals surface area contributed by atoms with Gasteiger partial charge in [0.2, 0.25) is 0 Å². The number of hydrogen-bond donors (Lipinski definition) is 1. The molecule has 0 bridgehead atoms.